The first kappa shape index (κ1) is 14.3. The van der Waals surface area contributed by atoms with E-state index in [9.17, 15) is 4.79 Å². The summed E-state index contributed by atoms with van der Waals surface area (Å²) in [5.74, 6) is 0.767. The minimum Gasteiger partial charge on any atom is -0.334 e. The number of para-hydroxylation sites is 1. The molecule has 0 aliphatic heterocycles. The van der Waals surface area contributed by atoms with E-state index in [0.29, 0.717) is 11.0 Å². The Bertz CT molecular complexity index is 1050. The predicted octanol–water partition coefficient (Wildman–Crippen LogP) is 1.24. The first-order chi connectivity index (χ1) is 11.8. The number of aromatic nitrogens is 7. The van der Waals surface area contributed by atoms with Crippen LogP contribution < -0.4 is 5.56 Å². The SMILES string of the molecule is CCn1ccnc1Cn1nnc2c(cnn2-c2ccccc2)c1=O. The molecule has 0 aliphatic rings. The second-order valence-electron chi connectivity index (χ2n) is 5.31. The van der Waals surface area contributed by atoms with Gasteiger partial charge in [-0.25, -0.2) is 14.3 Å². The van der Waals surface area contributed by atoms with Crippen LogP contribution in [0.25, 0.3) is 16.7 Å². The summed E-state index contributed by atoms with van der Waals surface area (Å²) in [7, 11) is 0. The van der Waals surface area contributed by atoms with Gasteiger partial charge in [0.2, 0.25) is 0 Å². The summed E-state index contributed by atoms with van der Waals surface area (Å²) in [6.45, 7) is 3.08. The highest BCUT2D eigenvalue weighted by Crippen LogP contribution is 2.12. The van der Waals surface area contributed by atoms with Crippen molar-refractivity contribution in [3.05, 3.63) is 65.1 Å². The van der Waals surface area contributed by atoms with Gasteiger partial charge in [-0.15, -0.1) is 5.10 Å². The molecule has 0 unspecified atom stereocenters. The number of aryl methyl sites for hydroxylation is 1. The van der Waals surface area contributed by atoms with Gasteiger partial charge in [0.25, 0.3) is 5.56 Å². The molecule has 0 N–H and O–H groups in total. The molecule has 0 fully saturated rings. The maximum Gasteiger partial charge on any atom is 0.281 e. The van der Waals surface area contributed by atoms with Gasteiger partial charge in [-0.2, -0.15) is 5.10 Å². The minimum atomic E-state index is -0.229. The van der Waals surface area contributed by atoms with Crippen molar-refractivity contribution in [1.29, 1.82) is 0 Å². The molecule has 1 aromatic carbocycles. The van der Waals surface area contributed by atoms with Crippen molar-refractivity contribution in [1.82, 2.24) is 34.3 Å². The topological polar surface area (TPSA) is 83.4 Å². The maximum absolute atomic E-state index is 12.7. The maximum atomic E-state index is 12.7. The van der Waals surface area contributed by atoms with E-state index in [1.165, 1.54) is 10.9 Å². The third-order valence-corrected chi connectivity index (χ3v) is 3.89. The van der Waals surface area contributed by atoms with Crippen molar-refractivity contribution >= 4 is 11.0 Å². The van der Waals surface area contributed by atoms with E-state index >= 15 is 0 Å². The van der Waals surface area contributed by atoms with Crippen LogP contribution >= 0.6 is 0 Å². The Hall–Kier alpha value is -3.29. The molecule has 120 valence electrons. The molecular formula is C16H15N7O. The first-order valence-corrected chi connectivity index (χ1v) is 7.65. The molecular weight excluding hydrogens is 306 g/mol. The lowest BCUT2D eigenvalue weighted by atomic mass is 10.3. The summed E-state index contributed by atoms with van der Waals surface area (Å²) >= 11 is 0. The molecule has 24 heavy (non-hydrogen) atoms. The van der Waals surface area contributed by atoms with E-state index in [1.54, 1.807) is 10.9 Å². The first-order valence-electron chi connectivity index (χ1n) is 7.65. The lowest BCUT2D eigenvalue weighted by Gasteiger charge is -2.06. The van der Waals surface area contributed by atoms with Crippen LogP contribution in [0.3, 0.4) is 0 Å². The number of rotatable bonds is 4. The smallest absolute Gasteiger partial charge is 0.281 e. The molecule has 0 aliphatic carbocycles. The highest BCUT2D eigenvalue weighted by Gasteiger charge is 2.13. The van der Waals surface area contributed by atoms with E-state index in [2.05, 4.69) is 20.4 Å². The molecule has 0 radical (unpaired) electrons. The van der Waals surface area contributed by atoms with Crippen LogP contribution in [0.4, 0.5) is 0 Å². The largest absolute Gasteiger partial charge is 0.334 e. The summed E-state index contributed by atoms with van der Waals surface area (Å²) in [5.41, 5.74) is 1.05. The van der Waals surface area contributed by atoms with Crippen molar-refractivity contribution in [2.45, 2.75) is 20.0 Å². The standard InChI is InChI=1S/C16H15N7O/c1-2-21-9-8-17-14(21)11-22-16(24)13-10-18-23(15(13)19-20-22)12-6-4-3-5-7-12/h3-10H,2,11H2,1H3. The monoisotopic (exact) mass is 321 g/mol. The van der Waals surface area contributed by atoms with Crippen LogP contribution in [-0.2, 0) is 13.1 Å². The molecule has 4 aromatic rings. The molecule has 3 heterocycles. The molecule has 0 saturated heterocycles. The van der Waals surface area contributed by atoms with Crippen LogP contribution in [0.1, 0.15) is 12.7 Å². The third-order valence-electron chi connectivity index (χ3n) is 3.89. The van der Waals surface area contributed by atoms with Crippen molar-refractivity contribution in [3.63, 3.8) is 0 Å². The zero-order valence-electron chi connectivity index (χ0n) is 13.1. The summed E-state index contributed by atoms with van der Waals surface area (Å²) in [5, 5.41) is 13.0. The Morgan fingerprint density at radius 2 is 2.00 bits per heavy atom. The van der Waals surface area contributed by atoms with Gasteiger partial charge in [-0.3, -0.25) is 4.79 Å². The van der Waals surface area contributed by atoms with Gasteiger partial charge in [-0.1, -0.05) is 23.4 Å². The van der Waals surface area contributed by atoms with Crippen LogP contribution in [-0.4, -0.2) is 34.3 Å². The Morgan fingerprint density at radius 1 is 1.17 bits per heavy atom. The van der Waals surface area contributed by atoms with Gasteiger partial charge in [-0.05, 0) is 19.1 Å². The average Bonchev–Trinajstić information content (AvgIpc) is 3.25. The summed E-state index contributed by atoms with van der Waals surface area (Å²) in [6, 6.07) is 9.53. The fraction of sp³-hybridized carbons (Fsp3) is 0.188. The summed E-state index contributed by atoms with van der Waals surface area (Å²) in [4.78, 5) is 16.9. The molecule has 4 rings (SSSR count). The van der Waals surface area contributed by atoms with Gasteiger partial charge >= 0.3 is 0 Å². The summed E-state index contributed by atoms with van der Waals surface area (Å²) < 4.78 is 4.89. The molecule has 0 atom stereocenters. The fourth-order valence-corrected chi connectivity index (χ4v) is 2.64. The molecule has 3 aromatic heterocycles. The summed E-state index contributed by atoms with van der Waals surface area (Å²) in [6.07, 6.45) is 5.12. The molecule has 8 heteroatoms. The number of imidazole rings is 1. The van der Waals surface area contributed by atoms with Crippen molar-refractivity contribution < 1.29 is 0 Å². The van der Waals surface area contributed by atoms with E-state index in [0.717, 1.165) is 18.1 Å². The molecule has 8 nitrogen and oxygen atoms in total. The minimum absolute atomic E-state index is 0.229. The number of nitrogens with zero attached hydrogens (tertiary/aromatic N) is 7. The van der Waals surface area contributed by atoms with Crippen LogP contribution in [0.2, 0.25) is 0 Å². The number of benzene rings is 1. The third kappa shape index (κ3) is 2.28. The Labute approximate surface area is 137 Å². The molecule has 0 amide bonds. The highest BCUT2D eigenvalue weighted by atomic mass is 16.1. The normalized spacial score (nSPS) is 11.2. The van der Waals surface area contributed by atoms with Crippen LogP contribution in [0, 0.1) is 0 Å². The second-order valence-corrected chi connectivity index (χ2v) is 5.31. The lowest BCUT2D eigenvalue weighted by Crippen LogP contribution is -2.26. The van der Waals surface area contributed by atoms with E-state index in [-0.39, 0.29) is 12.1 Å². The fourth-order valence-electron chi connectivity index (χ4n) is 2.64. The Kier molecular flexibility index (Phi) is 3.42. The van der Waals surface area contributed by atoms with Gasteiger partial charge < -0.3 is 4.57 Å². The van der Waals surface area contributed by atoms with Crippen LogP contribution in [0.5, 0.6) is 0 Å². The Morgan fingerprint density at radius 3 is 2.79 bits per heavy atom. The van der Waals surface area contributed by atoms with E-state index in [4.69, 9.17) is 0 Å². The van der Waals surface area contributed by atoms with E-state index < -0.39 is 0 Å². The highest BCUT2D eigenvalue weighted by molar-refractivity contribution is 5.74. The number of hydrogen-bond donors (Lipinski definition) is 0. The zero-order chi connectivity index (χ0) is 16.5. The van der Waals surface area contributed by atoms with Gasteiger partial charge in [0.1, 0.15) is 17.8 Å². The van der Waals surface area contributed by atoms with Gasteiger partial charge in [0, 0.05) is 18.9 Å². The van der Waals surface area contributed by atoms with Crippen molar-refractivity contribution in [3.8, 4) is 5.69 Å². The number of fused-ring (bicyclic) bond motifs is 1. The van der Waals surface area contributed by atoms with Gasteiger partial charge in [0.15, 0.2) is 5.65 Å². The van der Waals surface area contributed by atoms with Gasteiger partial charge in [0.05, 0.1) is 11.9 Å². The quantitative estimate of drug-likeness (QED) is 0.565. The van der Waals surface area contributed by atoms with E-state index in [1.807, 2.05) is 48.0 Å². The zero-order valence-corrected chi connectivity index (χ0v) is 13.1. The predicted molar refractivity (Wildman–Crippen MR) is 87.9 cm³/mol. The van der Waals surface area contributed by atoms with Crippen molar-refractivity contribution in [2.24, 2.45) is 0 Å². The van der Waals surface area contributed by atoms with Crippen molar-refractivity contribution in [2.75, 3.05) is 0 Å². The molecule has 0 saturated carbocycles. The molecule has 0 bridgehead atoms. The number of hydrogen-bond acceptors (Lipinski definition) is 5. The van der Waals surface area contributed by atoms with Crippen LogP contribution in [0.15, 0.2) is 53.7 Å². The second kappa shape index (κ2) is 5.73. The average molecular weight is 321 g/mol. The Balaban J connectivity index is 1.78. The lowest BCUT2D eigenvalue weighted by molar-refractivity contribution is 0.555. The molecule has 0 spiro atoms.